The number of nitrogens with two attached hydrogens (primary N) is 1. The predicted octanol–water partition coefficient (Wildman–Crippen LogP) is 0.0807. The third kappa shape index (κ3) is 4.97. The summed E-state index contributed by atoms with van der Waals surface area (Å²) in [7, 11) is 0. The highest BCUT2D eigenvalue weighted by Gasteiger charge is 2.23. The molecular weight excluding hydrogens is 242 g/mol. The molecular formula is C13H29N5O. The second-order valence-electron chi connectivity index (χ2n) is 5.11. The van der Waals surface area contributed by atoms with Gasteiger partial charge >= 0.3 is 0 Å². The van der Waals surface area contributed by atoms with Gasteiger partial charge in [-0.25, -0.2) is 0 Å². The minimum atomic E-state index is 0.0231. The molecule has 0 bridgehead atoms. The standard InChI is InChI=1S/C13H29N5O/c1-4-16(5-2)6-7-17-8-10-18(11-9-17)12(3)13(14)15-19/h12,19H,4-11H2,1-3H3,(H2,14,15). The van der Waals surface area contributed by atoms with Gasteiger partial charge < -0.3 is 15.8 Å². The Hall–Kier alpha value is -0.850. The van der Waals surface area contributed by atoms with E-state index in [9.17, 15) is 0 Å². The van der Waals surface area contributed by atoms with Crippen LogP contribution in [0.15, 0.2) is 5.16 Å². The summed E-state index contributed by atoms with van der Waals surface area (Å²) in [5, 5.41) is 11.8. The lowest BCUT2D eigenvalue weighted by Crippen LogP contribution is -2.54. The van der Waals surface area contributed by atoms with E-state index in [0.717, 1.165) is 52.4 Å². The van der Waals surface area contributed by atoms with Gasteiger partial charge in [0.05, 0.1) is 6.04 Å². The summed E-state index contributed by atoms with van der Waals surface area (Å²) >= 11 is 0. The fraction of sp³-hybridized carbons (Fsp3) is 0.923. The van der Waals surface area contributed by atoms with Crippen molar-refractivity contribution in [2.24, 2.45) is 10.9 Å². The van der Waals surface area contributed by atoms with Crippen LogP contribution in [0.5, 0.6) is 0 Å². The zero-order chi connectivity index (χ0) is 14.3. The van der Waals surface area contributed by atoms with Gasteiger partial charge in [0.2, 0.25) is 0 Å². The van der Waals surface area contributed by atoms with E-state index in [2.05, 4.69) is 33.7 Å². The molecule has 0 aromatic rings. The largest absolute Gasteiger partial charge is 0.409 e. The molecule has 1 saturated heterocycles. The maximum atomic E-state index is 8.71. The van der Waals surface area contributed by atoms with E-state index in [1.807, 2.05) is 6.92 Å². The molecule has 0 aliphatic carbocycles. The summed E-state index contributed by atoms with van der Waals surface area (Å²) in [4.78, 5) is 7.21. The smallest absolute Gasteiger partial charge is 0.156 e. The van der Waals surface area contributed by atoms with Crippen LogP contribution in [0.3, 0.4) is 0 Å². The molecule has 1 heterocycles. The molecule has 0 saturated carbocycles. The van der Waals surface area contributed by atoms with Crippen molar-refractivity contribution in [2.75, 3.05) is 52.4 Å². The van der Waals surface area contributed by atoms with Crippen LogP contribution in [0.2, 0.25) is 0 Å². The number of rotatable bonds is 7. The van der Waals surface area contributed by atoms with Gasteiger partial charge in [0.15, 0.2) is 5.84 Å². The van der Waals surface area contributed by atoms with E-state index >= 15 is 0 Å². The van der Waals surface area contributed by atoms with Crippen LogP contribution >= 0.6 is 0 Å². The zero-order valence-corrected chi connectivity index (χ0v) is 12.5. The predicted molar refractivity (Wildman–Crippen MR) is 78.7 cm³/mol. The Morgan fingerprint density at radius 3 is 2.32 bits per heavy atom. The molecule has 112 valence electrons. The zero-order valence-electron chi connectivity index (χ0n) is 12.5. The van der Waals surface area contributed by atoms with Gasteiger partial charge in [0.25, 0.3) is 0 Å². The van der Waals surface area contributed by atoms with Crippen LogP contribution in [0.25, 0.3) is 0 Å². The van der Waals surface area contributed by atoms with Crippen molar-refractivity contribution in [3.63, 3.8) is 0 Å². The topological polar surface area (TPSA) is 68.3 Å². The molecule has 1 aliphatic heterocycles. The highest BCUT2D eigenvalue weighted by atomic mass is 16.4. The van der Waals surface area contributed by atoms with Crippen LogP contribution in [-0.4, -0.2) is 84.1 Å². The molecule has 1 unspecified atom stereocenters. The fourth-order valence-electron chi connectivity index (χ4n) is 2.47. The lowest BCUT2D eigenvalue weighted by atomic mass is 10.2. The molecule has 0 aromatic carbocycles. The molecule has 1 aliphatic rings. The van der Waals surface area contributed by atoms with Crippen molar-refractivity contribution < 1.29 is 5.21 Å². The SMILES string of the molecule is CCN(CC)CCN1CCN(C(C)C(N)=NO)CC1. The van der Waals surface area contributed by atoms with Gasteiger partial charge in [-0.2, -0.15) is 0 Å². The second-order valence-corrected chi connectivity index (χ2v) is 5.11. The Morgan fingerprint density at radius 1 is 1.26 bits per heavy atom. The van der Waals surface area contributed by atoms with Gasteiger partial charge in [-0.15, -0.1) is 0 Å². The summed E-state index contributed by atoms with van der Waals surface area (Å²) in [6, 6.07) is 0.0231. The molecule has 1 fully saturated rings. The summed E-state index contributed by atoms with van der Waals surface area (Å²) in [6.07, 6.45) is 0. The average Bonchev–Trinajstić information content (AvgIpc) is 2.47. The Kier molecular flexibility index (Phi) is 7.12. The van der Waals surface area contributed by atoms with E-state index in [1.165, 1.54) is 0 Å². The van der Waals surface area contributed by atoms with Crippen LogP contribution in [0, 0.1) is 0 Å². The van der Waals surface area contributed by atoms with Gasteiger partial charge in [0, 0.05) is 39.3 Å². The monoisotopic (exact) mass is 271 g/mol. The lowest BCUT2D eigenvalue weighted by Gasteiger charge is -2.38. The maximum absolute atomic E-state index is 8.71. The first-order valence-electron chi connectivity index (χ1n) is 7.28. The van der Waals surface area contributed by atoms with E-state index in [-0.39, 0.29) is 6.04 Å². The minimum Gasteiger partial charge on any atom is -0.409 e. The first-order chi connectivity index (χ1) is 9.12. The van der Waals surface area contributed by atoms with Crippen LogP contribution in [-0.2, 0) is 0 Å². The first-order valence-corrected chi connectivity index (χ1v) is 7.28. The highest BCUT2D eigenvalue weighted by Crippen LogP contribution is 2.06. The quantitative estimate of drug-likeness (QED) is 0.297. The van der Waals surface area contributed by atoms with Gasteiger partial charge in [-0.1, -0.05) is 19.0 Å². The molecule has 1 rings (SSSR count). The summed E-state index contributed by atoms with van der Waals surface area (Å²) in [5.74, 6) is 0.302. The van der Waals surface area contributed by atoms with Crippen molar-refractivity contribution >= 4 is 5.84 Å². The van der Waals surface area contributed by atoms with Crippen molar-refractivity contribution in [2.45, 2.75) is 26.8 Å². The van der Waals surface area contributed by atoms with Crippen LogP contribution in [0.1, 0.15) is 20.8 Å². The maximum Gasteiger partial charge on any atom is 0.156 e. The van der Waals surface area contributed by atoms with E-state index in [4.69, 9.17) is 10.9 Å². The van der Waals surface area contributed by atoms with Gasteiger partial charge in [-0.05, 0) is 20.0 Å². The molecule has 3 N–H and O–H groups in total. The fourth-order valence-corrected chi connectivity index (χ4v) is 2.47. The Labute approximate surface area is 116 Å². The van der Waals surface area contributed by atoms with Crippen molar-refractivity contribution in [3.8, 4) is 0 Å². The summed E-state index contributed by atoms with van der Waals surface area (Å²) < 4.78 is 0. The first kappa shape index (κ1) is 16.2. The number of hydrogen-bond donors (Lipinski definition) is 2. The van der Waals surface area contributed by atoms with Gasteiger partial charge in [-0.3, -0.25) is 9.80 Å². The second kappa shape index (κ2) is 8.35. The Bertz CT molecular complexity index is 272. The summed E-state index contributed by atoms with van der Waals surface area (Å²) in [6.45, 7) is 15.0. The molecule has 0 aromatic heterocycles. The van der Waals surface area contributed by atoms with E-state index in [1.54, 1.807) is 0 Å². The van der Waals surface area contributed by atoms with E-state index < -0.39 is 0 Å². The lowest BCUT2D eigenvalue weighted by molar-refractivity contribution is 0.110. The number of amidine groups is 1. The third-order valence-corrected chi connectivity index (χ3v) is 4.12. The molecule has 0 radical (unpaired) electrons. The number of piperazine rings is 1. The van der Waals surface area contributed by atoms with Crippen LogP contribution < -0.4 is 5.73 Å². The Balaban J connectivity index is 2.29. The molecule has 6 nitrogen and oxygen atoms in total. The molecule has 0 amide bonds. The average molecular weight is 271 g/mol. The van der Waals surface area contributed by atoms with Crippen molar-refractivity contribution in [3.05, 3.63) is 0 Å². The molecule has 0 spiro atoms. The van der Waals surface area contributed by atoms with Gasteiger partial charge in [0.1, 0.15) is 0 Å². The molecule has 19 heavy (non-hydrogen) atoms. The van der Waals surface area contributed by atoms with Crippen molar-refractivity contribution in [1.29, 1.82) is 0 Å². The number of hydrogen-bond acceptors (Lipinski definition) is 5. The number of nitrogens with zero attached hydrogens (tertiary/aromatic N) is 4. The number of oxime groups is 1. The molecule has 6 heteroatoms. The normalized spacial score (nSPS) is 20.9. The van der Waals surface area contributed by atoms with E-state index in [0.29, 0.717) is 5.84 Å². The molecule has 1 atom stereocenters. The minimum absolute atomic E-state index is 0.0231. The Morgan fingerprint density at radius 2 is 1.84 bits per heavy atom. The van der Waals surface area contributed by atoms with Crippen LogP contribution in [0.4, 0.5) is 0 Å². The highest BCUT2D eigenvalue weighted by molar-refractivity contribution is 5.84. The van der Waals surface area contributed by atoms with Crippen molar-refractivity contribution in [1.82, 2.24) is 14.7 Å². The summed E-state index contributed by atoms with van der Waals surface area (Å²) in [5.41, 5.74) is 5.65. The third-order valence-electron chi connectivity index (χ3n) is 4.12. The number of likely N-dealkylation sites (N-methyl/N-ethyl adjacent to an activating group) is 1.